The number of nitrogens with one attached hydrogen (secondary N) is 1. The van der Waals surface area contributed by atoms with Crippen molar-refractivity contribution in [1.29, 1.82) is 0 Å². The Morgan fingerprint density at radius 2 is 2.00 bits per heavy atom. The molecule has 0 aromatic heterocycles. The Morgan fingerprint density at radius 3 is 2.62 bits per heavy atom. The molecule has 2 saturated carbocycles. The summed E-state index contributed by atoms with van der Waals surface area (Å²) in [6, 6.07) is 0.506. The largest absolute Gasteiger partial charge is 0.386 e. The lowest BCUT2D eigenvalue weighted by Gasteiger charge is -2.58. The summed E-state index contributed by atoms with van der Waals surface area (Å²) in [5.41, 5.74) is -0.361. The molecule has 1 heterocycles. The molecule has 3 aliphatic rings. The van der Waals surface area contributed by atoms with Crippen molar-refractivity contribution in [2.75, 3.05) is 19.8 Å². The van der Waals surface area contributed by atoms with Crippen LogP contribution < -0.4 is 5.32 Å². The third-order valence-corrected chi connectivity index (χ3v) is 6.25. The molecule has 3 fully saturated rings. The molecule has 4 nitrogen and oxygen atoms in total. The van der Waals surface area contributed by atoms with Crippen LogP contribution in [0.4, 0.5) is 0 Å². The minimum Gasteiger partial charge on any atom is -0.386 e. The lowest BCUT2D eigenvalue weighted by atomic mass is 9.55. The molecular weight excluding hydrogens is 266 g/mol. The molecule has 4 unspecified atom stereocenters. The van der Waals surface area contributed by atoms with Gasteiger partial charge >= 0.3 is 0 Å². The molecule has 21 heavy (non-hydrogen) atoms. The van der Waals surface area contributed by atoms with Crippen LogP contribution in [-0.2, 0) is 9.47 Å². The Bertz CT molecular complexity index is 356. The Labute approximate surface area is 128 Å². The SMILES string of the molecule is CCOC1CC(NCC2(O)CCOC2C)C12CCCCC2. The van der Waals surface area contributed by atoms with E-state index in [1.165, 1.54) is 32.1 Å². The molecule has 1 saturated heterocycles. The van der Waals surface area contributed by atoms with Gasteiger partial charge in [-0.1, -0.05) is 19.3 Å². The minimum absolute atomic E-state index is 0.0601. The van der Waals surface area contributed by atoms with Crippen LogP contribution in [0.25, 0.3) is 0 Å². The highest BCUT2D eigenvalue weighted by atomic mass is 16.5. The fourth-order valence-corrected chi connectivity index (χ4v) is 4.65. The van der Waals surface area contributed by atoms with Crippen molar-refractivity contribution in [3.63, 3.8) is 0 Å². The van der Waals surface area contributed by atoms with Gasteiger partial charge in [0.2, 0.25) is 0 Å². The third-order valence-electron chi connectivity index (χ3n) is 6.25. The van der Waals surface area contributed by atoms with E-state index in [1.807, 2.05) is 6.92 Å². The van der Waals surface area contributed by atoms with Crippen molar-refractivity contribution in [3.05, 3.63) is 0 Å². The number of hydrogen-bond donors (Lipinski definition) is 2. The molecule has 0 radical (unpaired) electrons. The highest BCUT2D eigenvalue weighted by Gasteiger charge is 2.56. The van der Waals surface area contributed by atoms with Gasteiger partial charge in [0.25, 0.3) is 0 Å². The van der Waals surface area contributed by atoms with Gasteiger partial charge in [0.05, 0.1) is 12.2 Å². The molecule has 2 N–H and O–H groups in total. The van der Waals surface area contributed by atoms with Gasteiger partial charge in [0.1, 0.15) is 5.60 Å². The van der Waals surface area contributed by atoms with Crippen LogP contribution in [0, 0.1) is 5.41 Å². The van der Waals surface area contributed by atoms with E-state index in [2.05, 4.69) is 12.2 Å². The quantitative estimate of drug-likeness (QED) is 0.817. The van der Waals surface area contributed by atoms with E-state index in [1.54, 1.807) is 0 Å². The summed E-state index contributed by atoms with van der Waals surface area (Å²) in [5.74, 6) is 0. The lowest BCUT2D eigenvalue weighted by molar-refractivity contribution is -0.154. The second-order valence-corrected chi connectivity index (χ2v) is 7.27. The second kappa shape index (κ2) is 6.15. The van der Waals surface area contributed by atoms with E-state index < -0.39 is 5.60 Å². The van der Waals surface area contributed by atoms with E-state index in [0.29, 0.717) is 30.7 Å². The van der Waals surface area contributed by atoms with Gasteiger partial charge in [0, 0.05) is 37.6 Å². The fraction of sp³-hybridized carbons (Fsp3) is 1.00. The van der Waals surface area contributed by atoms with Crippen molar-refractivity contribution in [2.24, 2.45) is 5.41 Å². The first-order chi connectivity index (χ1) is 10.1. The van der Waals surface area contributed by atoms with Crippen molar-refractivity contribution in [3.8, 4) is 0 Å². The van der Waals surface area contributed by atoms with Gasteiger partial charge in [-0.25, -0.2) is 0 Å². The highest BCUT2D eigenvalue weighted by Crippen LogP contribution is 2.53. The van der Waals surface area contributed by atoms with Gasteiger partial charge in [-0.3, -0.25) is 0 Å². The van der Waals surface area contributed by atoms with Crippen LogP contribution in [0.5, 0.6) is 0 Å². The van der Waals surface area contributed by atoms with Crippen molar-refractivity contribution in [1.82, 2.24) is 5.32 Å². The van der Waals surface area contributed by atoms with E-state index in [0.717, 1.165) is 19.4 Å². The first-order valence-electron chi connectivity index (χ1n) is 8.80. The van der Waals surface area contributed by atoms with Crippen LogP contribution in [0.2, 0.25) is 0 Å². The predicted octanol–water partition coefficient (Wildman–Crippen LogP) is 2.24. The maximum atomic E-state index is 10.7. The molecule has 3 rings (SSSR count). The van der Waals surface area contributed by atoms with Crippen LogP contribution in [-0.4, -0.2) is 48.7 Å². The molecule has 0 bridgehead atoms. The summed E-state index contributed by atoms with van der Waals surface area (Å²) in [7, 11) is 0. The predicted molar refractivity (Wildman–Crippen MR) is 82.3 cm³/mol. The van der Waals surface area contributed by atoms with Gasteiger partial charge in [-0.2, -0.15) is 0 Å². The zero-order chi connectivity index (χ0) is 14.9. The second-order valence-electron chi connectivity index (χ2n) is 7.27. The van der Waals surface area contributed by atoms with Gasteiger partial charge in [-0.05, 0) is 33.1 Å². The summed E-state index contributed by atoms with van der Waals surface area (Å²) < 4.78 is 11.5. The molecule has 1 aliphatic heterocycles. The smallest absolute Gasteiger partial charge is 0.105 e. The Balaban J connectivity index is 1.60. The van der Waals surface area contributed by atoms with Gasteiger partial charge in [-0.15, -0.1) is 0 Å². The Kier molecular flexibility index (Phi) is 4.60. The first kappa shape index (κ1) is 15.7. The Hall–Kier alpha value is -0.160. The van der Waals surface area contributed by atoms with Crippen LogP contribution in [0.1, 0.15) is 58.8 Å². The summed E-state index contributed by atoms with van der Waals surface area (Å²) in [6.45, 7) is 6.22. The molecule has 0 amide bonds. The molecule has 4 atom stereocenters. The topological polar surface area (TPSA) is 50.7 Å². The molecule has 122 valence electrons. The molecule has 0 aromatic rings. The normalized spacial score (nSPS) is 42.1. The maximum absolute atomic E-state index is 10.7. The van der Waals surface area contributed by atoms with Crippen LogP contribution >= 0.6 is 0 Å². The zero-order valence-corrected chi connectivity index (χ0v) is 13.6. The fourth-order valence-electron chi connectivity index (χ4n) is 4.65. The summed E-state index contributed by atoms with van der Waals surface area (Å²) >= 11 is 0. The number of ether oxygens (including phenoxy) is 2. The molecule has 0 aromatic carbocycles. The monoisotopic (exact) mass is 297 g/mol. The van der Waals surface area contributed by atoms with Crippen molar-refractivity contribution < 1.29 is 14.6 Å². The maximum Gasteiger partial charge on any atom is 0.105 e. The number of rotatable bonds is 5. The first-order valence-corrected chi connectivity index (χ1v) is 8.80. The standard InChI is InChI=1S/C17H31NO3/c1-3-20-15-11-14(16(15)7-5-4-6-8-16)18-12-17(19)9-10-21-13(17)2/h13-15,18-19H,3-12H2,1-2H3. The minimum atomic E-state index is -0.688. The van der Waals surface area contributed by atoms with Crippen LogP contribution in [0.3, 0.4) is 0 Å². The average Bonchev–Trinajstić information content (AvgIpc) is 2.83. The van der Waals surface area contributed by atoms with Gasteiger partial charge in [0.15, 0.2) is 0 Å². The zero-order valence-electron chi connectivity index (χ0n) is 13.6. The van der Waals surface area contributed by atoms with E-state index >= 15 is 0 Å². The van der Waals surface area contributed by atoms with Crippen LogP contribution in [0.15, 0.2) is 0 Å². The summed E-state index contributed by atoms with van der Waals surface area (Å²) in [4.78, 5) is 0. The summed E-state index contributed by atoms with van der Waals surface area (Å²) in [5, 5.41) is 14.3. The molecule has 4 heteroatoms. The Morgan fingerprint density at radius 1 is 1.24 bits per heavy atom. The van der Waals surface area contributed by atoms with Gasteiger partial charge < -0.3 is 19.9 Å². The third kappa shape index (κ3) is 2.76. The number of hydrogen-bond acceptors (Lipinski definition) is 4. The van der Waals surface area contributed by atoms with Crippen molar-refractivity contribution >= 4 is 0 Å². The molecular formula is C17H31NO3. The van der Waals surface area contributed by atoms with E-state index in [9.17, 15) is 5.11 Å². The summed E-state index contributed by atoms with van der Waals surface area (Å²) in [6.07, 6.45) is 8.77. The average molecular weight is 297 g/mol. The number of aliphatic hydroxyl groups is 1. The lowest BCUT2D eigenvalue weighted by Crippen LogP contribution is -2.66. The van der Waals surface area contributed by atoms with E-state index in [4.69, 9.17) is 9.47 Å². The molecule has 1 spiro atoms. The molecule has 2 aliphatic carbocycles. The van der Waals surface area contributed by atoms with E-state index in [-0.39, 0.29) is 6.10 Å². The highest BCUT2D eigenvalue weighted by molar-refractivity contribution is 5.09. The van der Waals surface area contributed by atoms with Crippen molar-refractivity contribution in [2.45, 2.75) is 82.6 Å².